The summed E-state index contributed by atoms with van der Waals surface area (Å²) >= 11 is 0. The zero-order chi connectivity index (χ0) is 15.0. The number of nitrogens with one attached hydrogen (secondary N) is 1. The molecule has 1 aromatic rings. The molecule has 0 aliphatic carbocycles. The zero-order valence-electron chi connectivity index (χ0n) is 11.6. The summed E-state index contributed by atoms with van der Waals surface area (Å²) in [5.74, 6) is 0. The van der Waals surface area contributed by atoms with E-state index in [1.54, 1.807) is 13.2 Å². The Hall–Kier alpha value is -2.17. The third-order valence-corrected chi connectivity index (χ3v) is 2.81. The van der Waals surface area contributed by atoms with Crippen LogP contribution in [0.3, 0.4) is 0 Å². The molecule has 0 spiro atoms. The van der Waals surface area contributed by atoms with E-state index in [0.29, 0.717) is 18.8 Å². The van der Waals surface area contributed by atoms with Crippen LogP contribution in [0.1, 0.15) is 5.56 Å². The maximum absolute atomic E-state index is 10.7. The van der Waals surface area contributed by atoms with Crippen LogP contribution in [0, 0.1) is 21.4 Å². The first kappa shape index (κ1) is 15.9. The van der Waals surface area contributed by atoms with E-state index in [-0.39, 0.29) is 11.3 Å². The Morgan fingerprint density at radius 1 is 1.50 bits per heavy atom. The number of benzene rings is 1. The first-order chi connectivity index (χ1) is 9.58. The summed E-state index contributed by atoms with van der Waals surface area (Å²) in [5, 5.41) is 22.7. The lowest BCUT2D eigenvalue weighted by atomic mass is 10.2. The van der Waals surface area contributed by atoms with Gasteiger partial charge in [-0.15, -0.1) is 0 Å². The van der Waals surface area contributed by atoms with Crippen molar-refractivity contribution in [2.45, 2.75) is 0 Å². The van der Waals surface area contributed by atoms with Crippen LogP contribution >= 0.6 is 0 Å². The second-order valence-electron chi connectivity index (χ2n) is 4.32. The number of hydrogen-bond donors (Lipinski definition) is 1. The molecule has 0 radical (unpaired) electrons. The second kappa shape index (κ2) is 8.09. The van der Waals surface area contributed by atoms with Gasteiger partial charge >= 0.3 is 0 Å². The molecule has 1 N–H and O–H groups in total. The Bertz CT molecular complexity index is 499. The van der Waals surface area contributed by atoms with Crippen LogP contribution in [0.25, 0.3) is 0 Å². The Labute approximate surface area is 117 Å². The third-order valence-electron chi connectivity index (χ3n) is 2.81. The van der Waals surface area contributed by atoms with Crippen molar-refractivity contribution in [3.8, 4) is 6.07 Å². The van der Waals surface area contributed by atoms with Gasteiger partial charge in [-0.1, -0.05) is 0 Å². The first-order valence-electron chi connectivity index (χ1n) is 6.18. The minimum absolute atomic E-state index is 0.0627. The van der Waals surface area contributed by atoms with E-state index in [2.05, 4.69) is 10.2 Å². The van der Waals surface area contributed by atoms with E-state index < -0.39 is 4.92 Å². The number of nitrogens with zero attached hydrogens (tertiary/aromatic N) is 3. The Morgan fingerprint density at radius 3 is 2.85 bits per heavy atom. The number of nitriles is 1. The Morgan fingerprint density at radius 2 is 2.25 bits per heavy atom. The molecule has 0 atom stereocenters. The van der Waals surface area contributed by atoms with E-state index in [0.717, 1.165) is 13.1 Å². The van der Waals surface area contributed by atoms with E-state index >= 15 is 0 Å². The maximum Gasteiger partial charge on any atom is 0.287 e. The third kappa shape index (κ3) is 4.84. The molecular weight excluding hydrogens is 260 g/mol. The molecule has 0 aliphatic heterocycles. The van der Waals surface area contributed by atoms with Crippen LogP contribution in [0.4, 0.5) is 11.4 Å². The molecule has 0 saturated heterocycles. The fourth-order valence-corrected chi connectivity index (χ4v) is 1.64. The van der Waals surface area contributed by atoms with Gasteiger partial charge in [0.25, 0.3) is 5.69 Å². The van der Waals surface area contributed by atoms with Gasteiger partial charge in [0, 0.05) is 38.5 Å². The van der Waals surface area contributed by atoms with E-state index in [9.17, 15) is 10.1 Å². The van der Waals surface area contributed by atoms with Gasteiger partial charge in [-0.3, -0.25) is 10.1 Å². The summed E-state index contributed by atoms with van der Waals surface area (Å²) < 4.78 is 4.98. The predicted octanol–water partition coefficient (Wildman–Crippen LogP) is 1.46. The van der Waals surface area contributed by atoms with Crippen LogP contribution in [0.2, 0.25) is 0 Å². The summed E-state index contributed by atoms with van der Waals surface area (Å²) in [5.41, 5.74) is 0.593. The topological polar surface area (TPSA) is 91.4 Å². The first-order valence-corrected chi connectivity index (χ1v) is 6.18. The lowest BCUT2D eigenvalue weighted by Gasteiger charge is -2.16. The quantitative estimate of drug-likeness (QED) is 0.571. The molecule has 0 unspecified atom stereocenters. The maximum atomic E-state index is 10.7. The molecular formula is C13H18N4O3. The summed E-state index contributed by atoms with van der Waals surface area (Å²) in [6.07, 6.45) is 0. The molecule has 7 nitrogen and oxygen atoms in total. The zero-order valence-corrected chi connectivity index (χ0v) is 11.6. The molecule has 0 saturated carbocycles. The fraction of sp³-hybridized carbons (Fsp3) is 0.462. The van der Waals surface area contributed by atoms with Gasteiger partial charge in [0.1, 0.15) is 11.6 Å². The fourth-order valence-electron chi connectivity index (χ4n) is 1.64. The van der Waals surface area contributed by atoms with Gasteiger partial charge in [0.15, 0.2) is 0 Å². The molecule has 0 heterocycles. The van der Waals surface area contributed by atoms with E-state index in [4.69, 9.17) is 10.00 Å². The van der Waals surface area contributed by atoms with E-state index in [1.165, 1.54) is 12.1 Å². The number of ether oxygens (including phenoxy) is 1. The van der Waals surface area contributed by atoms with Gasteiger partial charge < -0.3 is 15.0 Å². The number of methoxy groups -OCH3 is 1. The number of anilines is 1. The SMILES string of the molecule is COCCN(C)CCNc1ccc([N+](=O)[O-])c(C#N)c1. The number of likely N-dealkylation sites (N-methyl/N-ethyl adjacent to an activating group) is 1. The number of nitro benzene ring substituents is 1. The van der Waals surface area contributed by atoms with Crippen LogP contribution in [0.15, 0.2) is 18.2 Å². The molecule has 0 aliphatic rings. The molecule has 1 rings (SSSR count). The minimum Gasteiger partial charge on any atom is -0.384 e. The molecule has 108 valence electrons. The number of hydrogen-bond acceptors (Lipinski definition) is 6. The Kier molecular flexibility index (Phi) is 6.43. The minimum atomic E-state index is -0.555. The summed E-state index contributed by atoms with van der Waals surface area (Å²) in [6, 6.07) is 6.28. The Balaban J connectivity index is 2.53. The number of nitro groups is 1. The predicted molar refractivity (Wildman–Crippen MR) is 75.7 cm³/mol. The second-order valence-corrected chi connectivity index (χ2v) is 4.32. The van der Waals surface area contributed by atoms with Crippen molar-refractivity contribution in [1.82, 2.24) is 4.90 Å². The number of rotatable bonds is 8. The van der Waals surface area contributed by atoms with Crippen LogP contribution in [-0.4, -0.2) is 50.2 Å². The largest absolute Gasteiger partial charge is 0.384 e. The lowest BCUT2D eigenvalue weighted by molar-refractivity contribution is -0.385. The smallest absolute Gasteiger partial charge is 0.287 e. The highest BCUT2D eigenvalue weighted by atomic mass is 16.6. The van der Waals surface area contributed by atoms with Gasteiger partial charge in [-0.2, -0.15) is 5.26 Å². The highest BCUT2D eigenvalue weighted by molar-refractivity contribution is 5.58. The van der Waals surface area contributed by atoms with Crippen molar-refractivity contribution in [3.63, 3.8) is 0 Å². The van der Waals surface area contributed by atoms with Crippen molar-refractivity contribution in [3.05, 3.63) is 33.9 Å². The highest BCUT2D eigenvalue weighted by Crippen LogP contribution is 2.21. The van der Waals surface area contributed by atoms with E-state index in [1.807, 2.05) is 13.1 Å². The van der Waals surface area contributed by atoms with Gasteiger partial charge in [-0.25, -0.2) is 0 Å². The molecule has 0 amide bonds. The average Bonchev–Trinajstić information content (AvgIpc) is 2.44. The molecule has 7 heteroatoms. The van der Waals surface area contributed by atoms with Gasteiger partial charge in [0.05, 0.1) is 11.5 Å². The molecule has 1 aromatic carbocycles. The van der Waals surface area contributed by atoms with Gasteiger partial charge in [-0.05, 0) is 19.2 Å². The van der Waals surface area contributed by atoms with Crippen molar-refractivity contribution < 1.29 is 9.66 Å². The summed E-state index contributed by atoms with van der Waals surface area (Å²) in [6.45, 7) is 3.00. The highest BCUT2D eigenvalue weighted by Gasteiger charge is 2.13. The van der Waals surface area contributed by atoms with Crippen molar-refractivity contribution >= 4 is 11.4 Å². The van der Waals surface area contributed by atoms with Crippen molar-refractivity contribution in [1.29, 1.82) is 5.26 Å². The molecule has 0 aromatic heterocycles. The van der Waals surface area contributed by atoms with Crippen LogP contribution in [0.5, 0.6) is 0 Å². The molecule has 0 fully saturated rings. The average molecular weight is 278 g/mol. The standard InChI is InChI=1S/C13H18N4O3/c1-16(7-8-20-2)6-5-15-12-3-4-13(17(18)19)11(9-12)10-14/h3-4,9,15H,5-8H2,1-2H3. The van der Waals surface area contributed by atoms with Gasteiger partial charge in [0.2, 0.25) is 0 Å². The molecule has 20 heavy (non-hydrogen) atoms. The summed E-state index contributed by atoms with van der Waals surface area (Å²) in [7, 11) is 3.64. The van der Waals surface area contributed by atoms with Crippen LogP contribution in [-0.2, 0) is 4.74 Å². The lowest BCUT2D eigenvalue weighted by Crippen LogP contribution is -2.28. The van der Waals surface area contributed by atoms with Crippen molar-refractivity contribution in [2.24, 2.45) is 0 Å². The van der Waals surface area contributed by atoms with Crippen LogP contribution < -0.4 is 5.32 Å². The summed E-state index contributed by atoms with van der Waals surface area (Å²) in [4.78, 5) is 12.3. The molecule has 0 bridgehead atoms. The normalized spacial score (nSPS) is 10.3. The van der Waals surface area contributed by atoms with Crippen molar-refractivity contribution in [2.75, 3.05) is 45.7 Å². The monoisotopic (exact) mass is 278 g/mol.